The fourth-order valence-corrected chi connectivity index (χ4v) is 3.50. The van der Waals surface area contributed by atoms with E-state index in [0.29, 0.717) is 6.04 Å². The molecule has 0 aliphatic carbocycles. The molecule has 1 N–H and O–H groups in total. The zero-order valence-electron chi connectivity index (χ0n) is 12.3. The van der Waals surface area contributed by atoms with E-state index in [2.05, 4.69) is 42.4 Å². The van der Waals surface area contributed by atoms with Crippen molar-refractivity contribution < 1.29 is 4.74 Å². The van der Waals surface area contributed by atoms with Crippen LogP contribution in [0.1, 0.15) is 36.8 Å². The molecule has 0 aromatic carbocycles. The van der Waals surface area contributed by atoms with E-state index in [-0.39, 0.29) is 6.10 Å². The minimum Gasteiger partial charge on any atom is -0.374 e. The number of nitrogens with one attached hydrogen (secondary N) is 1. The van der Waals surface area contributed by atoms with Crippen molar-refractivity contribution in [3.05, 3.63) is 21.9 Å². The van der Waals surface area contributed by atoms with E-state index >= 15 is 0 Å². The third kappa shape index (κ3) is 4.02. The normalized spacial score (nSPS) is 22.6. The molecule has 2 atom stereocenters. The van der Waals surface area contributed by atoms with Crippen LogP contribution in [0, 0.1) is 6.92 Å². The number of ether oxygens (including phenoxy) is 1. The Morgan fingerprint density at radius 2 is 2.37 bits per heavy atom. The van der Waals surface area contributed by atoms with Crippen LogP contribution in [-0.2, 0) is 4.74 Å². The fourth-order valence-electron chi connectivity index (χ4n) is 2.76. The van der Waals surface area contributed by atoms with Gasteiger partial charge in [0.1, 0.15) is 0 Å². The lowest BCUT2D eigenvalue weighted by molar-refractivity contribution is -0.0467. The van der Waals surface area contributed by atoms with Crippen LogP contribution in [0.15, 0.2) is 11.4 Å². The minimum atomic E-state index is 0.272. The number of thiophene rings is 1. The summed E-state index contributed by atoms with van der Waals surface area (Å²) in [4.78, 5) is 3.90. The van der Waals surface area contributed by atoms with E-state index in [1.807, 2.05) is 11.3 Å². The van der Waals surface area contributed by atoms with Gasteiger partial charge < -0.3 is 10.1 Å². The Kier molecular flexibility index (Phi) is 5.82. The van der Waals surface area contributed by atoms with Gasteiger partial charge in [-0.2, -0.15) is 0 Å². The first-order valence-electron chi connectivity index (χ1n) is 7.37. The maximum absolute atomic E-state index is 6.03. The van der Waals surface area contributed by atoms with Gasteiger partial charge in [-0.3, -0.25) is 4.90 Å². The first-order chi connectivity index (χ1) is 9.24. The van der Waals surface area contributed by atoms with Crippen LogP contribution < -0.4 is 5.32 Å². The van der Waals surface area contributed by atoms with Gasteiger partial charge in [-0.25, -0.2) is 0 Å². The maximum Gasteiger partial charge on any atom is 0.0897 e. The molecule has 0 saturated carbocycles. The predicted molar refractivity (Wildman–Crippen MR) is 81.9 cm³/mol. The summed E-state index contributed by atoms with van der Waals surface area (Å²) in [6.07, 6.45) is 1.49. The lowest BCUT2D eigenvalue weighted by Crippen LogP contribution is -2.48. The van der Waals surface area contributed by atoms with Crippen LogP contribution in [0.25, 0.3) is 0 Å². The number of aryl methyl sites for hydroxylation is 1. The molecule has 0 radical (unpaired) electrons. The van der Waals surface area contributed by atoms with Gasteiger partial charge in [0.15, 0.2) is 0 Å². The second kappa shape index (κ2) is 7.39. The Labute approximate surface area is 121 Å². The lowest BCUT2D eigenvalue weighted by Gasteiger charge is -2.37. The van der Waals surface area contributed by atoms with Crippen molar-refractivity contribution in [3.8, 4) is 0 Å². The Balaban J connectivity index is 2.05. The van der Waals surface area contributed by atoms with Gasteiger partial charge in [-0.15, -0.1) is 11.3 Å². The monoisotopic (exact) mass is 282 g/mol. The lowest BCUT2D eigenvalue weighted by atomic mass is 10.0. The van der Waals surface area contributed by atoms with Crippen molar-refractivity contribution in [1.82, 2.24) is 10.2 Å². The van der Waals surface area contributed by atoms with Gasteiger partial charge in [-0.1, -0.05) is 13.8 Å². The summed E-state index contributed by atoms with van der Waals surface area (Å²) < 4.78 is 6.03. The van der Waals surface area contributed by atoms with Crippen LogP contribution >= 0.6 is 11.3 Å². The summed E-state index contributed by atoms with van der Waals surface area (Å²) in [6.45, 7) is 11.7. The van der Waals surface area contributed by atoms with Crippen molar-refractivity contribution in [1.29, 1.82) is 0 Å². The van der Waals surface area contributed by atoms with Gasteiger partial charge in [0.25, 0.3) is 0 Å². The second-order valence-corrected chi connectivity index (χ2v) is 6.35. The van der Waals surface area contributed by atoms with E-state index in [1.54, 1.807) is 0 Å². The molecule has 19 heavy (non-hydrogen) atoms. The van der Waals surface area contributed by atoms with Crippen LogP contribution in [0.4, 0.5) is 0 Å². The Morgan fingerprint density at radius 3 is 3.00 bits per heavy atom. The highest BCUT2D eigenvalue weighted by molar-refractivity contribution is 7.10. The summed E-state index contributed by atoms with van der Waals surface area (Å²) in [5.74, 6) is 0. The largest absolute Gasteiger partial charge is 0.374 e. The molecule has 1 aliphatic heterocycles. The first-order valence-corrected chi connectivity index (χ1v) is 8.25. The van der Waals surface area contributed by atoms with E-state index in [9.17, 15) is 0 Å². The summed E-state index contributed by atoms with van der Waals surface area (Å²) in [5, 5.41) is 5.87. The average Bonchev–Trinajstić information content (AvgIpc) is 2.83. The molecular weight excluding hydrogens is 256 g/mol. The molecule has 1 aromatic rings. The number of morpholine rings is 1. The standard InChI is InChI=1S/C15H26N2OS/c1-4-6-17-7-8-18-14(10-17)15(16-5-2)13-9-12(3)19-11-13/h9,11,14-16H,4-8,10H2,1-3H3. The second-order valence-electron chi connectivity index (χ2n) is 5.24. The van der Waals surface area contributed by atoms with Gasteiger partial charge in [0.05, 0.1) is 18.8 Å². The molecular formula is C15H26N2OS. The number of likely N-dealkylation sites (N-methyl/N-ethyl adjacent to an activating group) is 1. The predicted octanol–water partition coefficient (Wildman–Crippen LogP) is 2.82. The Hall–Kier alpha value is -0.420. The van der Waals surface area contributed by atoms with Crippen LogP contribution in [-0.4, -0.2) is 43.8 Å². The zero-order valence-corrected chi connectivity index (χ0v) is 13.1. The van der Waals surface area contributed by atoms with E-state index < -0.39 is 0 Å². The summed E-state index contributed by atoms with van der Waals surface area (Å²) in [7, 11) is 0. The SMILES string of the molecule is CCCN1CCOC(C(NCC)c2csc(C)c2)C1. The minimum absolute atomic E-state index is 0.272. The number of hydrogen-bond acceptors (Lipinski definition) is 4. The average molecular weight is 282 g/mol. The van der Waals surface area contributed by atoms with Crippen molar-refractivity contribution in [3.63, 3.8) is 0 Å². The third-order valence-corrected chi connectivity index (χ3v) is 4.50. The van der Waals surface area contributed by atoms with E-state index in [0.717, 1.165) is 26.2 Å². The van der Waals surface area contributed by atoms with Crippen molar-refractivity contribution >= 4 is 11.3 Å². The molecule has 2 rings (SSSR count). The summed E-state index contributed by atoms with van der Waals surface area (Å²) in [5.41, 5.74) is 1.38. The molecule has 1 aliphatic rings. The van der Waals surface area contributed by atoms with E-state index in [1.165, 1.54) is 23.4 Å². The molecule has 3 nitrogen and oxygen atoms in total. The smallest absolute Gasteiger partial charge is 0.0897 e. The maximum atomic E-state index is 6.03. The van der Waals surface area contributed by atoms with Crippen molar-refractivity contribution in [2.75, 3.05) is 32.8 Å². The topological polar surface area (TPSA) is 24.5 Å². The molecule has 2 heterocycles. The highest BCUT2D eigenvalue weighted by atomic mass is 32.1. The van der Waals surface area contributed by atoms with Crippen molar-refractivity contribution in [2.45, 2.75) is 39.3 Å². The van der Waals surface area contributed by atoms with Crippen LogP contribution in [0.2, 0.25) is 0 Å². The molecule has 4 heteroatoms. The Bertz CT molecular complexity index is 378. The molecule has 108 valence electrons. The highest BCUT2D eigenvalue weighted by Gasteiger charge is 2.28. The molecule has 0 spiro atoms. The molecule has 1 aromatic heterocycles. The number of nitrogens with zero attached hydrogens (tertiary/aromatic N) is 1. The Morgan fingerprint density at radius 1 is 1.53 bits per heavy atom. The fraction of sp³-hybridized carbons (Fsp3) is 0.733. The highest BCUT2D eigenvalue weighted by Crippen LogP contribution is 2.26. The number of rotatable bonds is 6. The summed E-state index contributed by atoms with van der Waals surface area (Å²) in [6, 6.07) is 2.62. The molecule has 1 saturated heterocycles. The first kappa shape index (κ1) is 15.0. The molecule has 0 amide bonds. The van der Waals surface area contributed by atoms with Crippen molar-refractivity contribution in [2.24, 2.45) is 0 Å². The zero-order chi connectivity index (χ0) is 13.7. The quantitative estimate of drug-likeness (QED) is 0.868. The third-order valence-electron chi connectivity index (χ3n) is 3.62. The van der Waals surface area contributed by atoms with Crippen LogP contribution in [0.3, 0.4) is 0 Å². The molecule has 2 unspecified atom stereocenters. The summed E-state index contributed by atoms with van der Waals surface area (Å²) >= 11 is 1.82. The molecule has 0 bridgehead atoms. The number of hydrogen-bond donors (Lipinski definition) is 1. The molecule has 1 fully saturated rings. The van der Waals surface area contributed by atoms with Gasteiger partial charge in [0.2, 0.25) is 0 Å². The van der Waals surface area contributed by atoms with Gasteiger partial charge in [-0.05, 0) is 43.4 Å². The van der Waals surface area contributed by atoms with Gasteiger partial charge >= 0.3 is 0 Å². The van der Waals surface area contributed by atoms with Gasteiger partial charge in [0, 0.05) is 18.0 Å². The van der Waals surface area contributed by atoms with Crippen LogP contribution in [0.5, 0.6) is 0 Å². The van der Waals surface area contributed by atoms with E-state index in [4.69, 9.17) is 4.74 Å².